The lowest BCUT2D eigenvalue weighted by atomic mass is 10.1. The van der Waals surface area contributed by atoms with E-state index in [0.717, 1.165) is 31.6 Å². The molecule has 0 radical (unpaired) electrons. The third-order valence-electron chi connectivity index (χ3n) is 3.91. The molecule has 22 heavy (non-hydrogen) atoms. The zero-order valence-electron chi connectivity index (χ0n) is 13.2. The number of hydrogen-bond donors (Lipinski definition) is 0. The summed E-state index contributed by atoms with van der Waals surface area (Å²) in [6, 6.07) is 7.17. The summed E-state index contributed by atoms with van der Waals surface area (Å²) in [5, 5.41) is 0.639. The molecule has 1 aliphatic rings. The molecule has 1 atom stereocenters. The fourth-order valence-corrected chi connectivity index (χ4v) is 3.00. The molecule has 120 valence electrons. The quantitative estimate of drug-likeness (QED) is 0.806. The summed E-state index contributed by atoms with van der Waals surface area (Å²) in [6.45, 7) is 6.12. The van der Waals surface area contributed by atoms with Gasteiger partial charge in [-0.2, -0.15) is 0 Å². The zero-order chi connectivity index (χ0) is 16.1. The van der Waals surface area contributed by atoms with Crippen molar-refractivity contribution in [2.45, 2.75) is 33.1 Å². The third kappa shape index (κ3) is 3.80. The Morgan fingerprint density at radius 1 is 1.23 bits per heavy atom. The highest BCUT2D eigenvalue weighted by molar-refractivity contribution is 6.30. The van der Waals surface area contributed by atoms with Crippen molar-refractivity contribution in [2.75, 3.05) is 24.5 Å². The van der Waals surface area contributed by atoms with Gasteiger partial charge in [0.1, 0.15) is 0 Å². The molecule has 2 rings (SSSR count). The van der Waals surface area contributed by atoms with Crippen LogP contribution in [0.3, 0.4) is 0 Å². The first-order valence-corrected chi connectivity index (χ1v) is 8.29. The number of nitrogens with zero attached hydrogens (tertiary/aromatic N) is 2. The second-order valence-corrected chi connectivity index (χ2v) is 6.14. The van der Waals surface area contributed by atoms with Gasteiger partial charge in [-0.3, -0.25) is 9.59 Å². The summed E-state index contributed by atoms with van der Waals surface area (Å²) in [6.07, 6.45) is 2.17. The monoisotopic (exact) mass is 322 g/mol. The topological polar surface area (TPSA) is 40.6 Å². The largest absolute Gasteiger partial charge is 0.342 e. The van der Waals surface area contributed by atoms with Crippen LogP contribution in [0.25, 0.3) is 0 Å². The van der Waals surface area contributed by atoms with E-state index in [9.17, 15) is 9.59 Å². The van der Waals surface area contributed by atoms with E-state index in [1.807, 2.05) is 17.0 Å². The molecule has 0 saturated carbocycles. The fraction of sp³-hybridized carbons (Fsp3) is 0.529. The van der Waals surface area contributed by atoms with E-state index in [0.29, 0.717) is 18.0 Å². The van der Waals surface area contributed by atoms with Crippen LogP contribution in [-0.2, 0) is 9.59 Å². The van der Waals surface area contributed by atoms with E-state index in [1.54, 1.807) is 17.0 Å². The van der Waals surface area contributed by atoms with Crippen molar-refractivity contribution in [1.82, 2.24) is 4.90 Å². The van der Waals surface area contributed by atoms with Crippen LogP contribution in [0.2, 0.25) is 5.02 Å². The standard InChI is InChI=1S/C17H23ClN2O2/c1-3-9-19(10-4-2)17(22)13-11-16(21)20(12-13)15-7-5-14(18)6-8-15/h5-8,13H,3-4,9-12H2,1-2H3. The predicted molar refractivity (Wildman–Crippen MR) is 89.1 cm³/mol. The molecular weight excluding hydrogens is 300 g/mol. The van der Waals surface area contributed by atoms with Gasteiger partial charge in [0, 0.05) is 36.8 Å². The lowest BCUT2D eigenvalue weighted by Crippen LogP contribution is -2.38. The Morgan fingerprint density at radius 3 is 2.36 bits per heavy atom. The van der Waals surface area contributed by atoms with Crippen molar-refractivity contribution in [3.05, 3.63) is 29.3 Å². The zero-order valence-corrected chi connectivity index (χ0v) is 14.0. The van der Waals surface area contributed by atoms with Crippen molar-refractivity contribution in [1.29, 1.82) is 0 Å². The smallest absolute Gasteiger partial charge is 0.228 e. The minimum Gasteiger partial charge on any atom is -0.342 e. The van der Waals surface area contributed by atoms with Crippen LogP contribution in [0, 0.1) is 5.92 Å². The molecule has 0 spiro atoms. The summed E-state index contributed by atoms with van der Waals surface area (Å²) < 4.78 is 0. The van der Waals surface area contributed by atoms with Gasteiger partial charge in [-0.1, -0.05) is 25.4 Å². The summed E-state index contributed by atoms with van der Waals surface area (Å²) in [5.41, 5.74) is 0.808. The molecule has 1 fully saturated rings. The Kier molecular flexibility index (Phi) is 5.83. The van der Waals surface area contributed by atoms with Crippen LogP contribution in [0.15, 0.2) is 24.3 Å². The molecule has 0 bridgehead atoms. The van der Waals surface area contributed by atoms with Gasteiger partial charge < -0.3 is 9.80 Å². The van der Waals surface area contributed by atoms with Crippen LogP contribution in [0.1, 0.15) is 33.1 Å². The van der Waals surface area contributed by atoms with Gasteiger partial charge in [0.05, 0.1) is 5.92 Å². The summed E-state index contributed by atoms with van der Waals surface area (Å²) >= 11 is 5.88. The Bertz CT molecular complexity index is 524. The van der Waals surface area contributed by atoms with E-state index in [2.05, 4.69) is 13.8 Å². The third-order valence-corrected chi connectivity index (χ3v) is 4.16. The number of anilines is 1. The second-order valence-electron chi connectivity index (χ2n) is 5.71. The average molecular weight is 323 g/mol. The van der Waals surface area contributed by atoms with Gasteiger partial charge in [-0.05, 0) is 37.1 Å². The summed E-state index contributed by atoms with van der Waals surface area (Å²) in [7, 11) is 0. The van der Waals surface area contributed by atoms with Crippen LogP contribution in [0.4, 0.5) is 5.69 Å². The minimum atomic E-state index is -0.235. The molecule has 1 aromatic rings. The lowest BCUT2D eigenvalue weighted by molar-refractivity contribution is -0.135. The van der Waals surface area contributed by atoms with E-state index >= 15 is 0 Å². The molecule has 0 aromatic heterocycles. The van der Waals surface area contributed by atoms with Gasteiger partial charge in [0.2, 0.25) is 11.8 Å². The number of hydrogen-bond acceptors (Lipinski definition) is 2. The number of rotatable bonds is 6. The SMILES string of the molecule is CCCN(CCC)C(=O)C1CC(=O)N(c2ccc(Cl)cc2)C1. The molecule has 1 heterocycles. The van der Waals surface area contributed by atoms with Crippen LogP contribution in [-0.4, -0.2) is 36.3 Å². The Balaban J connectivity index is 2.07. The van der Waals surface area contributed by atoms with E-state index < -0.39 is 0 Å². The van der Waals surface area contributed by atoms with Crippen LogP contribution >= 0.6 is 11.6 Å². The molecule has 1 aromatic carbocycles. The number of amides is 2. The maximum absolute atomic E-state index is 12.6. The van der Waals surface area contributed by atoms with Gasteiger partial charge in [-0.25, -0.2) is 0 Å². The number of carbonyl (C=O) groups excluding carboxylic acids is 2. The molecule has 1 saturated heterocycles. The summed E-state index contributed by atoms with van der Waals surface area (Å²) in [5.74, 6) is -0.122. The first-order chi connectivity index (χ1) is 10.6. The van der Waals surface area contributed by atoms with Crippen molar-refractivity contribution >= 4 is 29.1 Å². The Hall–Kier alpha value is -1.55. The Morgan fingerprint density at radius 2 is 1.82 bits per heavy atom. The first kappa shape index (κ1) is 16.8. The number of halogens is 1. The van der Waals surface area contributed by atoms with E-state index in [-0.39, 0.29) is 17.7 Å². The summed E-state index contributed by atoms with van der Waals surface area (Å²) in [4.78, 5) is 28.4. The highest BCUT2D eigenvalue weighted by atomic mass is 35.5. The second kappa shape index (κ2) is 7.63. The molecule has 0 N–H and O–H groups in total. The maximum Gasteiger partial charge on any atom is 0.228 e. The molecule has 2 amide bonds. The van der Waals surface area contributed by atoms with E-state index in [4.69, 9.17) is 11.6 Å². The van der Waals surface area contributed by atoms with Crippen molar-refractivity contribution in [3.8, 4) is 0 Å². The van der Waals surface area contributed by atoms with Crippen molar-refractivity contribution in [3.63, 3.8) is 0 Å². The molecule has 4 nitrogen and oxygen atoms in total. The Labute approximate surface area is 137 Å². The highest BCUT2D eigenvalue weighted by Crippen LogP contribution is 2.27. The van der Waals surface area contributed by atoms with Crippen LogP contribution in [0.5, 0.6) is 0 Å². The van der Waals surface area contributed by atoms with Gasteiger partial charge in [0.25, 0.3) is 0 Å². The molecule has 5 heteroatoms. The van der Waals surface area contributed by atoms with Gasteiger partial charge >= 0.3 is 0 Å². The first-order valence-electron chi connectivity index (χ1n) is 7.91. The lowest BCUT2D eigenvalue weighted by Gasteiger charge is -2.24. The van der Waals surface area contributed by atoms with Crippen molar-refractivity contribution in [2.24, 2.45) is 5.92 Å². The van der Waals surface area contributed by atoms with Crippen molar-refractivity contribution < 1.29 is 9.59 Å². The average Bonchev–Trinajstić information content (AvgIpc) is 2.89. The van der Waals surface area contributed by atoms with Gasteiger partial charge in [-0.15, -0.1) is 0 Å². The normalized spacial score (nSPS) is 17.9. The maximum atomic E-state index is 12.6. The number of carbonyl (C=O) groups is 2. The van der Waals surface area contributed by atoms with Gasteiger partial charge in [0.15, 0.2) is 0 Å². The molecular formula is C17H23ClN2O2. The highest BCUT2D eigenvalue weighted by Gasteiger charge is 2.36. The number of benzene rings is 1. The van der Waals surface area contributed by atoms with E-state index in [1.165, 1.54) is 0 Å². The minimum absolute atomic E-state index is 0.00798. The molecule has 1 aliphatic heterocycles. The van der Waals surface area contributed by atoms with Crippen LogP contribution < -0.4 is 4.90 Å². The molecule has 1 unspecified atom stereocenters. The molecule has 0 aliphatic carbocycles. The predicted octanol–water partition coefficient (Wildman–Crippen LogP) is 3.34. The fourth-order valence-electron chi connectivity index (χ4n) is 2.87.